The normalized spacial score (nSPS) is 42.7. The minimum absolute atomic E-state index is 0.0226. The Morgan fingerprint density at radius 3 is 2.87 bits per heavy atom. The number of ketones is 1. The minimum atomic E-state index is -0.267. The van der Waals surface area contributed by atoms with Crippen molar-refractivity contribution in [3.8, 4) is 0 Å². The van der Waals surface area contributed by atoms with Crippen LogP contribution in [-0.4, -0.2) is 64.5 Å². The fraction of sp³-hybridized carbons (Fsp3) is 0.676. The highest BCUT2D eigenvalue weighted by atomic mass is 33.1. The van der Waals surface area contributed by atoms with E-state index in [-0.39, 0.29) is 65.1 Å². The van der Waals surface area contributed by atoms with Gasteiger partial charge in [0.05, 0.1) is 5.54 Å². The molecule has 6 nitrogen and oxygen atoms in total. The van der Waals surface area contributed by atoms with Crippen molar-refractivity contribution in [1.82, 2.24) is 5.32 Å². The van der Waals surface area contributed by atoms with Gasteiger partial charge >= 0.3 is 0 Å². The molecule has 1 aromatic carbocycles. The predicted molar refractivity (Wildman–Crippen MR) is 199 cm³/mol. The smallest absolute Gasteiger partial charge is 0.189 e. The van der Waals surface area contributed by atoms with Crippen LogP contribution in [0.3, 0.4) is 0 Å². The van der Waals surface area contributed by atoms with Crippen LogP contribution in [0.2, 0.25) is 0 Å². The van der Waals surface area contributed by atoms with Gasteiger partial charge in [-0.15, -0.1) is 0 Å². The van der Waals surface area contributed by atoms with E-state index in [1.807, 2.05) is 43.2 Å². The van der Waals surface area contributed by atoms with Crippen LogP contribution in [0, 0.1) is 46.3 Å². The molecule has 10 atom stereocenters. The lowest BCUT2D eigenvalue weighted by Crippen LogP contribution is -2.68. The van der Waals surface area contributed by atoms with Gasteiger partial charge < -0.3 is 21.3 Å². The third-order valence-corrected chi connectivity index (χ3v) is 18.7. The van der Waals surface area contributed by atoms with Gasteiger partial charge in [0.1, 0.15) is 0 Å². The van der Waals surface area contributed by atoms with E-state index in [1.165, 1.54) is 16.7 Å². The van der Waals surface area contributed by atoms with Crippen molar-refractivity contribution < 1.29 is 15.0 Å². The maximum Gasteiger partial charge on any atom is 0.189 e. The molecule has 10 unspecified atom stereocenters. The average molecular weight is 712 g/mol. The van der Waals surface area contributed by atoms with Gasteiger partial charge in [-0.2, -0.15) is 0 Å². The van der Waals surface area contributed by atoms with Gasteiger partial charge in [-0.05, 0) is 84.3 Å². The molecule has 254 valence electrons. The monoisotopic (exact) mass is 711 g/mol. The maximum atomic E-state index is 14.6. The van der Waals surface area contributed by atoms with Gasteiger partial charge in [0.25, 0.3) is 0 Å². The highest BCUT2D eigenvalue weighted by molar-refractivity contribution is 8.76. The highest BCUT2D eigenvalue weighted by Crippen LogP contribution is 2.75. The summed E-state index contributed by atoms with van der Waals surface area (Å²) in [6.07, 6.45) is 11.1. The molecule has 5 N–H and O–H groups in total. The van der Waals surface area contributed by atoms with Crippen LogP contribution in [0.25, 0.3) is 0 Å². The van der Waals surface area contributed by atoms with Crippen molar-refractivity contribution in [2.24, 2.45) is 57.1 Å². The molecule has 2 saturated carbocycles. The first-order valence-corrected chi connectivity index (χ1v) is 22.6. The van der Waals surface area contributed by atoms with Crippen molar-refractivity contribution in [2.45, 2.75) is 69.1 Å². The molecule has 0 radical (unpaired) electrons. The van der Waals surface area contributed by atoms with Gasteiger partial charge in [-0.3, -0.25) is 9.79 Å². The molecule has 0 aromatic heterocycles. The van der Waals surface area contributed by atoms with E-state index in [9.17, 15) is 15.0 Å². The lowest BCUT2D eigenvalue weighted by molar-refractivity contribution is -0.125. The van der Waals surface area contributed by atoms with Crippen LogP contribution in [0.15, 0.2) is 52.6 Å². The Morgan fingerprint density at radius 2 is 2.02 bits per heavy atom. The quantitative estimate of drug-likeness (QED) is 0.203. The van der Waals surface area contributed by atoms with Crippen LogP contribution in [-0.2, 0) is 10.5 Å². The zero-order valence-electron chi connectivity index (χ0n) is 27.4. The second-order valence-electron chi connectivity index (χ2n) is 15.5. The molecule has 47 heavy (non-hydrogen) atoms. The Balaban J connectivity index is 1.28. The van der Waals surface area contributed by atoms with E-state index in [0.717, 1.165) is 67.1 Å². The van der Waals surface area contributed by atoms with Gasteiger partial charge in [-0.25, -0.2) is 0 Å². The Morgan fingerprint density at radius 1 is 1.13 bits per heavy atom. The molecule has 10 heteroatoms. The number of hydrogen-bond donors (Lipinski definition) is 4. The molecule has 11 bridgehead atoms. The maximum absolute atomic E-state index is 14.6. The molecule has 2 fully saturated rings. The summed E-state index contributed by atoms with van der Waals surface area (Å²) in [7, 11) is 7.92. The molecule has 2 spiro atoms. The van der Waals surface area contributed by atoms with E-state index in [0.29, 0.717) is 30.6 Å². The summed E-state index contributed by atoms with van der Waals surface area (Å²) in [5, 5.41) is 24.5. The van der Waals surface area contributed by atoms with Crippen LogP contribution in [0.5, 0.6) is 0 Å². The lowest BCUT2D eigenvalue weighted by Gasteiger charge is -2.57. The number of aliphatic hydroxyl groups is 2. The Kier molecular flexibility index (Phi) is 9.12. The molecule has 0 saturated heterocycles. The Labute approximate surface area is 295 Å². The van der Waals surface area contributed by atoms with Crippen LogP contribution in [0.4, 0.5) is 0 Å². The van der Waals surface area contributed by atoms with Crippen LogP contribution >= 0.6 is 43.2 Å². The zero-order valence-corrected chi connectivity index (χ0v) is 30.6. The van der Waals surface area contributed by atoms with Crippen molar-refractivity contribution in [3.63, 3.8) is 0 Å². The molecule has 9 rings (SSSR count). The minimum Gasteiger partial charge on any atom is -0.396 e. The van der Waals surface area contributed by atoms with E-state index < -0.39 is 0 Å². The first-order valence-electron chi connectivity index (χ1n) is 17.7. The highest BCUT2D eigenvalue weighted by Gasteiger charge is 2.70. The number of nitrogens with one attached hydrogen (secondary N) is 1. The first-order chi connectivity index (χ1) is 22.8. The van der Waals surface area contributed by atoms with E-state index in [2.05, 4.69) is 48.7 Å². The number of Topliss-reactive ketones (excluding diaryl/α,β-unsaturated/α-hetero) is 1. The summed E-state index contributed by atoms with van der Waals surface area (Å²) in [5.74, 6) is 6.77. The molecular formula is C37H49N3O3S4. The Hall–Kier alpha value is -1.04. The van der Waals surface area contributed by atoms with Crippen LogP contribution in [0.1, 0.15) is 68.9 Å². The topological polar surface area (TPSA) is 108 Å². The number of guanidine groups is 1. The second kappa shape index (κ2) is 12.9. The van der Waals surface area contributed by atoms with E-state index in [1.54, 1.807) is 0 Å². The van der Waals surface area contributed by atoms with E-state index in [4.69, 9.17) is 10.7 Å². The molecule has 0 amide bonds. The van der Waals surface area contributed by atoms with Gasteiger partial charge in [0.15, 0.2) is 11.7 Å². The summed E-state index contributed by atoms with van der Waals surface area (Å²) in [6.45, 7) is 3.55. The number of carbonyl (C=O) groups excluding carboxylic acids is 1. The largest absolute Gasteiger partial charge is 0.396 e. The molecular weight excluding hydrogens is 663 g/mol. The van der Waals surface area contributed by atoms with Gasteiger partial charge in [0.2, 0.25) is 0 Å². The van der Waals surface area contributed by atoms with Gasteiger partial charge in [-0.1, -0.05) is 92.1 Å². The van der Waals surface area contributed by atoms with Crippen molar-refractivity contribution in [3.05, 3.63) is 58.7 Å². The summed E-state index contributed by atoms with van der Waals surface area (Å²) in [4.78, 5) is 19.4. The number of fused-ring (bicyclic) bond motifs is 3. The number of carbonyl (C=O) groups is 1. The zero-order chi connectivity index (χ0) is 32.4. The summed E-state index contributed by atoms with van der Waals surface area (Å²) in [5.41, 5.74) is 11.5. The third kappa shape index (κ3) is 5.15. The molecule has 4 heterocycles. The number of nitrogens with zero attached hydrogens (tertiary/aromatic N) is 1. The molecule has 4 aliphatic carbocycles. The number of allylic oxidation sites excluding steroid dienone is 3. The van der Waals surface area contributed by atoms with Crippen LogP contribution < -0.4 is 11.1 Å². The SMILES string of the molecule is CC12CCSSCC34NC(N)=NCC3C3C=CC4C(CSSCc4cccc3c4)CC3=C4CC1CC(CO)C(CCCO)C42CC3=O. The van der Waals surface area contributed by atoms with Gasteiger partial charge in [0, 0.05) is 72.4 Å². The van der Waals surface area contributed by atoms with E-state index >= 15 is 0 Å². The fourth-order valence-corrected chi connectivity index (χ4v) is 16.9. The third-order valence-electron chi connectivity index (χ3n) is 13.8. The molecule has 1 aromatic rings. The van der Waals surface area contributed by atoms with Crippen molar-refractivity contribution in [2.75, 3.05) is 37.0 Å². The number of benzene rings is 1. The second-order valence-corrected chi connectivity index (χ2v) is 20.6. The first kappa shape index (κ1) is 33.1. The Bertz CT molecular complexity index is 1500. The summed E-state index contributed by atoms with van der Waals surface area (Å²) < 4.78 is 0. The van der Waals surface area contributed by atoms with Crippen molar-refractivity contribution in [1.29, 1.82) is 0 Å². The summed E-state index contributed by atoms with van der Waals surface area (Å²) in [6, 6.07) is 9.17. The summed E-state index contributed by atoms with van der Waals surface area (Å²) >= 11 is 0. The number of aliphatic imine (C=N–C) groups is 1. The van der Waals surface area contributed by atoms with Crippen molar-refractivity contribution >= 4 is 54.9 Å². The average Bonchev–Trinajstić information content (AvgIpc) is 3.39. The number of hydrogen-bond acceptors (Lipinski definition) is 10. The predicted octanol–water partition coefficient (Wildman–Crippen LogP) is 6.60. The standard InChI is InChI=1S/C37H49N3O3S4/c1-35-9-11-44-47-21-37-30-8-7-27(32(37)17-39-34(38)40-37)23-5-2-4-22(12-23)19-45-46-20-25(30)14-28-31-15-26(35)13-24(18-42)29(6-3-10-41)36(31,35)16-33(28)43/h2,4-5,7-8,12,24-27,29-30,32,41-42H,3,6,9-11,13-21H2,1H3,(H3,38,39,40). The number of aliphatic hydroxyl groups excluding tert-OH is 2. The molecule has 4 aliphatic heterocycles. The molecule has 8 aliphatic rings. The fourth-order valence-electron chi connectivity index (χ4n) is 11.6. The number of rotatable bonds is 4. The lowest BCUT2D eigenvalue weighted by atomic mass is 9.47. The number of nitrogens with two attached hydrogens (primary N) is 1.